The summed E-state index contributed by atoms with van der Waals surface area (Å²) in [6, 6.07) is 7.88. The van der Waals surface area contributed by atoms with Crippen molar-refractivity contribution < 1.29 is 8.83 Å². The molecule has 92 valence electrons. The van der Waals surface area contributed by atoms with Crippen LogP contribution in [-0.2, 0) is 5.75 Å². The van der Waals surface area contributed by atoms with E-state index < -0.39 is 0 Å². The van der Waals surface area contributed by atoms with E-state index in [4.69, 9.17) is 14.6 Å². The molecule has 2 N–H and O–H groups in total. The first-order valence-electron chi connectivity index (χ1n) is 5.62. The van der Waals surface area contributed by atoms with E-state index in [1.165, 1.54) is 0 Å². The third-order valence-electron chi connectivity index (χ3n) is 2.50. The maximum atomic E-state index is 6.01. The van der Waals surface area contributed by atoms with Gasteiger partial charge < -0.3 is 14.6 Å². The smallest absolute Gasteiger partial charge is 0.118 e. The molecule has 2 aromatic heterocycles. The van der Waals surface area contributed by atoms with Gasteiger partial charge in [-0.05, 0) is 38.1 Å². The molecule has 4 heteroatoms. The lowest BCUT2D eigenvalue weighted by Crippen LogP contribution is -2.22. The quantitative estimate of drug-likeness (QED) is 0.883. The summed E-state index contributed by atoms with van der Waals surface area (Å²) in [7, 11) is 0. The molecular formula is C13H17NO2S. The van der Waals surface area contributed by atoms with Crippen molar-refractivity contribution in [2.45, 2.75) is 30.9 Å². The molecule has 0 aliphatic carbocycles. The maximum absolute atomic E-state index is 6.01. The van der Waals surface area contributed by atoms with Crippen molar-refractivity contribution in [1.29, 1.82) is 0 Å². The molecule has 2 unspecified atom stereocenters. The number of hydrogen-bond donors (Lipinski definition) is 1. The Labute approximate surface area is 105 Å². The molecule has 0 radical (unpaired) electrons. The van der Waals surface area contributed by atoms with Crippen LogP contribution in [0.25, 0.3) is 0 Å². The van der Waals surface area contributed by atoms with Crippen LogP contribution in [0.4, 0.5) is 0 Å². The van der Waals surface area contributed by atoms with Crippen molar-refractivity contribution in [2.75, 3.05) is 0 Å². The normalized spacial score (nSPS) is 14.8. The molecule has 0 aliphatic heterocycles. The number of thioether (sulfide) groups is 1. The van der Waals surface area contributed by atoms with Crippen molar-refractivity contribution in [3.05, 3.63) is 47.8 Å². The van der Waals surface area contributed by atoms with E-state index in [1.54, 1.807) is 18.0 Å². The Hall–Kier alpha value is -1.13. The van der Waals surface area contributed by atoms with Gasteiger partial charge in [-0.2, -0.15) is 0 Å². The van der Waals surface area contributed by atoms with Crippen LogP contribution in [0.3, 0.4) is 0 Å². The van der Waals surface area contributed by atoms with Crippen LogP contribution in [0.15, 0.2) is 39.4 Å². The molecule has 2 atom stereocenters. The lowest BCUT2D eigenvalue weighted by atomic mass is 10.2. The van der Waals surface area contributed by atoms with Gasteiger partial charge in [-0.15, -0.1) is 11.8 Å². The third-order valence-corrected chi connectivity index (χ3v) is 3.98. The average molecular weight is 251 g/mol. The monoisotopic (exact) mass is 251 g/mol. The van der Waals surface area contributed by atoms with Gasteiger partial charge in [0.2, 0.25) is 0 Å². The highest BCUT2D eigenvalue weighted by atomic mass is 32.2. The van der Waals surface area contributed by atoms with Crippen molar-refractivity contribution in [3.8, 4) is 0 Å². The molecule has 2 heterocycles. The molecule has 0 aliphatic rings. The van der Waals surface area contributed by atoms with E-state index in [0.29, 0.717) is 0 Å². The minimum atomic E-state index is 0.0421. The average Bonchev–Trinajstić information content (AvgIpc) is 2.90. The van der Waals surface area contributed by atoms with E-state index in [-0.39, 0.29) is 11.3 Å². The fraction of sp³-hybridized carbons (Fsp3) is 0.385. The fourth-order valence-electron chi connectivity index (χ4n) is 1.67. The predicted molar refractivity (Wildman–Crippen MR) is 69.8 cm³/mol. The van der Waals surface area contributed by atoms with Gasteiger partial charge in [0.05, 0.1) is 17.3 Å². The Morgan fingerprint density at radius 2 is 2.18 bits per heavy atom. The van der Waals surface area contributed by atoms with E-state index in [0.717, 1.165) is 23.0 Å². The van der Waals surface area contributed by atoms with Gasteiger partial charge in [0.25, 0.3) is 0 Å². The molecule has 17 heavy (non-hydrogen) atoms. The predicted octanol–water partition coefficient (Wildman–Crippen LogP) is 3.50. The SMILES string of the molecule is Cc1ccc(C(SCc2ccco2)C(C)N)o1. The molecule has 3 nitrogen and oxygen atoms in total. The number of aryl methyl sites for hydroxylation is 1. The molecule has 2 rings (SSSR count). The molecule has 0 amide bonds. The summed E-state index contributed by atoms with van der Waals surface area (Å²) in [5.41, 5.74) is 6.01. The van der Waals surface area contributed by atoms with Crippen molar-refractivity contribution in [2.24, 2.45) is 5.73 Å². The zero-order valence-corrected chi connectivity index (χ0v) is 10.9. The molecular weight excluding hydrogens is 234 g/mol. The standard InChI is InChI=1S/C13H17NO2S/c1-9-5-6-12(16-9)13(10(2)14)17-8-11-4-3-7-15-11/h3-7,10,13H,8,14H2,1-2H3. The van der Waals surface area contributed by atoms with Crippen LogP contribution in [0.2, 0.25) is 0 Å². The number of nitrogens with two attached hydrogens (primary N) is 1. The summed E-state index contributed by atoms with van der Waals surface area (Å²) in [5, 5.41) is 0.161. The Morgan fingerprint density at radius 3 is 2.71 bits per heavy atom. The summed E-state index contributed by atoms with van der Waals surface area (Å²) >= 11 is 1.74. The second-order valence-electron chi connectivity index (χ2n) is 4.12. The van der Waals surface area contributed by atoms with Crippen LogP contribution >= 0.6 is 11.8 Å². The lowest BCUT2D eigenvalue weighted by Gasteiger charge is -2.17. The van der Waals surface area contributed by atoms with Crippen LogP contribution in [0.5, 0.6) is 0 Å². The largest absolute Gasteiger partial charge is 0.468 e. The fourth-order valence-corrected chi connectivity index (χ4v) is 2.77. The molecule has 2 aromatic rings. The Bertz CT molecular complexity index is 448. The Morgan fingerprint density at radius 1 is 1.35 bits per heavy atom. The number of furan rings is 2. The summed E-state index contributed by atoms with van der Waals surface area (Å²) in [4.78, 5) is 0. The molecule has 0 saturated carbocycles. The number of hydrogen-bond acceptors (Lipinski definition) is 4. The maximum Gasteiger partial charge on any atom is 0.118 e. The molecule has 0 spiro atoms. The lowest BCUT2D eigenvalue weighted by molar-refractivity contribution is 0.464. The highest BCUT2D eigenvalue weighted by Gasteiger charge is 2.20. The Kier molecular flexibility index (Phi) is 3.97. The third kappa shape index (κ3) is 3.17. The summed E-state index contributed by atoms with van der Waals surface area (Å²) in [6.07, 6.45) is 1.69. The second kappa shape index (κ2) is 5.47. The van der Waals surface area contributed by atoms with Crippen LogP contribution in [0.1, 0.15) is 29.5 Å². The molecule has 0 fully saturated rings. The van der Waals surface area contributed by atoms with Crippen molar-refractivity contribution in [3.63, 3.8) is 0 Å². The molecule has 0 saturated heterocycles. The van der Waals surface area contributed by atoms with E-state index >= 15 is 0 Å². The van der Waals surface area contributed by atoms with Crippen molar-refractivity contribution in [1.82, 2.24) is 0 Å². The van der Waals surface area contributed by atoms with Crippen LogP contribution < -0.4 is 5.73 Å². The van der Waals surface area contributed by atoms with Crippen LogP contribution in [0, 0.1) is 6.92 Å². The van der Waals surface area contributed by atoms with Gasteiger partial charge in [-0.1, -0.05) is 0 Å². The van der Waals surface area contributed by atoms with E-state index in [9.17, 15) is 0 Å². The molecule has 0 bridgehead atoms. The van der Waals surface area contributed by atoms with Gasteiger partial charge in [0, 0.05) is 6.04 Å². The highest BCUT2D eigenvalue weighted by Crippen LogP contribution is 2.34. The van der Waals surface area contributed by atoms with Crippen molar-refractivity contribution >= 4 is 11.8 Å². The topological polar surface area (TPSA) is 52.3 Å². The van der Waals surface area contributed by atoms with Gasteiger partial charge in [-0.3, -0.25) is 0 Å². The summed E-state index contributed by atoms with van der Waals surface area (Å²) in [5.74, 6) is 3.63. The minimum Gasteiger partial charge on any atom is -0.468 e. The van der Waals surface area contributed by atoms with Gasteiger partial charge in [0.1, 0.15) is 17.3 Å². The van der Waals surface area contributed by atoms with E-state index in [2.05, 4.69) is 0 Å². The first-order valence-corrected chi connectivity index (χ1v) is 6.67. The number of rotatable bonds is 5. The first-order chi connectivity index (χ1) is 8.16. The highest BCUT2D eigenvalue weighted by molar-refractivity contribution is 7.98. The van der Waals surface area contributed by atoms with Crippen LogP contribution in [-0.4, -0.2) is 6.04 Å². The van der Waals surface area contributed by atoms with Gasteiger partial charge in [0.15, 0.2) is 0 Å². The first kappa shape index (κ1) is 12.3. The zero-order chi connectivity index (χ0) is 12.3. The molecule has 0 aromatic carbocycles. The minimum absolute atomic E-state index is 0.0421. The van der Waals surface area contributed by atoms with Gasteiger partial charge in [-0.25, -0.2) is 0 Å². The zero-order valence-electron chi connectivity index (χ0n) is 10.1. The van der Waals surface area contributed by atoms with E-state index in [1.807, 2.05) is 38.1 Å². The summed E-state index contributed by atoms with van der Waals surface area (Å²) < 4.78 is 11.0. The Balaban J connectivity index is 2.03. The second-order valence-corrected chi connectivity index (χ2v) is 5.25. The van der Waals surface area contributed by atoms with Gasteiger partial charge >= 0.3 is 0 Å². The summed E-state index contributed by atoms with van der Waals surface area (Å²) in [6.45, 7) is 3.94.